The Morgan fingerprint density at radius 3 is 2.11 bits per heavy atom. The fraction of sp³-hybridized carbons (Fsp3) is 0.196. The van der Waals surface area contributed by atoms with E-state index >= 15 is 0 Å². The maximum absolute atomic E-state index is 14.2. The summed E-state index contributed by atoms with van der Waals surface area (Å²) < 4.78 is 5.24. The number of likely N-dealkylation sites (tertiary alicyclic amines) is 1. The molecular weight excluding hydrogens is 717 g/mol. The van der Waals surface area contributed by atoms with E-state index in [1.807, 2.05) is 127 Å². The minimum Gasteiger partial charge on any atom is -0.445 e. The summed E-state index contributed by atoms with van der Waals surface area (Å²) in [7, 11) is 0. The molecule has 1 saturated heterocycles. The van der Waals surface area contributed by atoms with Crippen molar-refractivity contribution in [3.05, 3.63) is 168 Å². The van der Waals surface area contributed by atoms with Crippen molar-refractivity contribution < 1.29 is 23.9 Å². The van der Waals surface area contributed by atoms with Gasteiger partial charge in [0.2, 0.25) is 11.8 Å². The Morgan fingerprint density at radius 1 is 0.772 bits per heavy atom. The smallest absolute Gasteiger partial charge is 0.407 e. The number of nitrogens with one attached hydrogen (secondary N) is 4. The maximum Gasteiger partial charge on any atom is 0.407 e. The number of imidazole rings is 1. The Balaban J connectivity index is 0.946. The summed E-state index contributed by atoms with van der Waals surface area (Å²) >= 11 is 0. The Morgan fingerprint density at radius 2 is 1.40 bits per heavy atom. The van der Waals surface area contributed by atoms with Crippen LogP contribution in [0.2, 0.25) is 0 Å². The predicted octanol–water partition coefficient (Wildman–Crippen LogP) is 8.22. The molecule has 0 aliphatic carbocycles. The molecule has 11 nitrogen and oxygen atoms in total. The Kier molecular flexibility index (Phi) is 12.5. The van der Waals surface area contributed by atoms with Crippen LogP contribution in [0.1, 0.15) is 65.1 Å². The lowest BCUT2D eigenvalue weighted by molar-refractivity contribution is -0.137. The minimum absolute atomic E-state index is 0.123. The molecule has 1 aliphatic heterocycles. The van der Waals surface area contributed by atoms with Crippen molar-refractivity contribution in [1.29, 1.82) is 0 Å². The summed E-state index contributed by atoms with van der Waals surface area (Å²) in [5.74, 6) is 0.0440. The van der Waals surface area contributed by atoms with E-state index in [1.54, 1.807) is 23.2 Å². The first kappa shape index (κ1) is 38.3. The number of amides is 4. The van der Waals surface area contributed by atoms with Crippen molar-refractivity contribution in [3.63, 3.8) is 0 Å². The van der Waals surface area contributed by atoms with Gasteiger partial charge in [0.05, 0.1) is 17.9 Å². The summed E-state index contributed by atoms with van der Waals surface area (Å²) in [5, 5.41) is 8.58. The summed E-state index contributed by atoms with van der Waals surface area (Å²) in [6.45, 7) is 0.956. The van der Waals surface area contributed by atoms with Gasteiger partial charge >= 0.3 is 6.09 Å². The van der Waals surface area contributed by atoms with Gasteiger partial charge in [-0.3, -0.25) is 14.4 Å². The molecule has 7 rings (SSSR count). The number of carbonyl (C=O) groups is 4. The number of alkyl carbamates (subject to hydrolysis) is 1. The molecule has 57 heavy (non-hydrogen) atoms. The zero-order valence-electron chi connectivity index (χ0n) is 31.4. The second kappa shape index (κ2) is 18.5. The lowest BCUT2D eigenvalue weighted by Crippen LogP contribution is -2.43. The van der Waals surface area contributed by atoms with E-state index in [2.05, 4.69) is 20.9 Å². The molecule has 6 aromatic rings. The summed E-state index contributed by atoms with van der Waals surface area (Å²) in [6.07, 6.45) is 3.28. The molecule has 1 aromatic heterocycles. The Bertz CT molecular complexity index is 2260. The normalized spacial score (nSPS) is 14.0. The number of carbonyl (C=O) groups excluding carboxylic acids is 4. The van der Waals surface area contributed by atoms with E-state index in [4.69, 9.17) is 9.72 Å². The molecule has 2 atom stereocenters. The molecule has 1 aliphatic rings. The van der Waals surface area contributed by atoms with Gasteiger partial charge in [-0.2, -0.15) is 0 Å². The second-order valence-corrected chi connectivity index (χ2v) is 13.8. The third-order valence-corrected chi connectivity index (χ3v) is 9.90. The molecule has 0 spiro atoms. The van der Waals surface area contributed by atoms with E-state index in [0.717, 1.165) is 46.5 Å². The summed E-state index contributed by atoms with van der Waals surface area (Å²) in [4.78, 5) is 62.0. The van der Waals surface area contributed by atoms with Gasteiger partial charge in [-0.15, -0.1) is 0 Å². The van der Waals surface area contributed by atoms with E-state index in [9.17, 15) is 19.2 Å². The molecule has 4 N–H and O–H groups in total. The van der Waals surface area contributed by atoms with Crippen LogP contribution in [0.15, 0.2) is 146 Å². The highest BCUT2D eigenvalue weighted by Gasteiger charge is 2.36. The standard InChI is InChI=1S/C46H44N6O5/c53-41(19-10-28-47-46(56)57-31-32-12-4-1-5-13-32)51-42(36-14-6-2-7-15-36)45(55)52-29-11-18-40(52)43-48-30-39(50-43)35-22-20-33(21-23-35)34-24-26-38(27-25-34)49-44(54)37-16-8-3-9-17-37/h1-9,12-17,20-27,30,40,42H,10-11,18-19,28-29,31H2,(H,47,56)(H,48,50)(H,49,54)(H,51,53)/t40-,42+/m0/s1. The van der Waals surface area contributed by atoms with Gasteiger partial charge in [0.15, 0.2) is 0 Å². The number of aromatic amines is 1. The van der Waals surface area contributed by atoms with Crippen molar-refractivity contribution in [3.8, 4) is 22.4 Å². The quantitative estimate of drug-likeness (QED) is 0.0824. The zero-order valence-corrected chi connectivity index (χ0v) is 31.4. The van der Waals surface area contributed by atoms with Crippen LogP contribution in [0.4, 0.5) is 10.5 Å². The number of ether oxygens (including phenoxy) is 1. The van der Waals surface area contributed by atoms with Crippen LogP contribution in [0.5, 0.6) is 0 Å². The van der Waals surface area contributed by atoms with Crippen LogP contribution < -0.4 is 16.0 Å². The van der Waals surface area contributed by atoms with Crippen LogP contribution in [-0.4, -0.2) is 51.8 Å². The lowest BCUT2D eigenvalue weighted by atomic mass is 10.0. The van der Waals surface area contributed by atoms with Crippen molar-refractivity contribution in [2.24, 2.45) is 0 Å². The average molecular weight is 761 g/mol. The number of H-pyrrole nitrogens is 1. The average Bonchev–Trinajstić information content (AvgIpc) is 3.96. The van der Waals surface area contributed by atoms with Gasteiger partial charge in [-0.1, -0.05) is 115 Å². The number of hydrogen-bond acceptors (Lipinski definition) is 6. The van der Waals surface area contributed by atoms with Crippen LogP contribution in [0.3, 0.4) is 0 Å². The van der Waals surface area contributed by atoms with Gasteiger partial charge in [0.1, 0.15) is 18.5 Å². The van der Waals surface area contributed by atoms with Crippen molar-refractivity contribution >= 4 is 29.5 Å². The van der Waals surface area contributed by atoms with Crippen molar-refractivity contribution in [1.82, 2.24) is 25.5 Å². The fourth-order valence-electron chi connectivity index (χ4n) is 6.89. The molecular formula is C46H44N6O5. The minimum atomic E-state index is -0.876. The Hall–Kier alpha value is -7.01. The van der Waals surface area contributed by atoms with E-state index in [0.29, 0.717) is 29.9 Å². The fourth-order valence-corrected chi connectivity index (χ4v) is 6.89. The van der Waals surface area contributed by atoms with Gasteiger partial charge in [-0.05, 0) is 71.3 Å². The molecule has 1 fully saturated rings. The lowest BCUT2D eigenvalue weighted by Gasteiger charge is -2.28. The van der Waals surface area contributed by atoms with Gasteiger partial charge in [0.25, 0.3) is 5.91 Å². The predicted molar refractivity (Wildman–Crippen MR) is 219 cm³/mol. The molecule has 2 heterocycles. The van der Waals surface area contributed by atoms with E-state index < -0.39 is 12.1 Å². The molecule has 4 amide bonds. The largest absolute Gasteiger partial charge is 0.445 e. The summed E-state index contributed by atoms with van der Waals surface area (Å²) in [5.41, 5.74) is 6.72. The SMILES string of the molecule is O=C(CCCNC(=O)OCc1ccccc1)N[C@@H](C(=O)N1CCC[C@H]1c1ncc(-c2ccc(-c3ccc(NC(=O)c4ccccc4)cc3)cc2)[nH]1)c1ccccc1. The first-order valence-electron chi connectivity index (χ1n) is 19.1. The molecule has 11 heteroatoms. The van der Waals surface area contributed by atoms with E-state index in [1.165, 1.54) is 0 Å². The molecule has 0 saturated carbocycles. The maximum atomic E-state index is 14.2. The molecule has 0 bridgehead atoms. The second-order valence-electron chi connectivity index (χ2n) is 13.8. The highest BCUT2D eigenvalue weighted by Crippen LogP contribution is 2.34. The number of aromatic nitrogens is 2. The van der Waals surface area contributed by atoms with Crippen LogP contribution in [0.25, 0.3) is 22.4 Å². The monoisotopic (exact) mass is 760 g/mol. The van der Waals surface area contributed by atoms with Gasteiger partial charge < -0.3 is 30.6 Å². The third-order valence-electron chi connectivity index (χ3n) is 9.90. The number of anilines is 1. The number of nitrogens with zero attached hydrogens (tertiary/aromatic N) is 2. The number of rotatable bonds is 14. The Labute approximate surface area is 331 Å². The molecule has 5 aromatic carbocycles. The molecule has 288 valence electrons. The van der Waals surface area contributed by atoms with Crippen molar-refractivity contribution in [2.45, 2.75) is 44.4 Å². The summed E-state index contributed by atoms with van der Waals surface area (Å²) in [6, 6.07) is 42.5. The topological polar surface area (TPSA) is 146 Å². The van der Waals surface area contributed by atoms with Gasteiger partial charge in [0, 0.05) is 30.8 Å². The highest BCUT2D eigenvalue weighted by molar-refractivity contribution is 6.04. The van der Waals surface area contributed by atoms with Gasteiger partial charge in [-0.25, -0.2) is 9.78 Å². The molecule has 0 unspecified atom stereocenters. The first-order chi connectivity index (χ1) is 27.9. The third kappa shape index (κ3) is 10.0. The van der Waals surface area contributed by atoms with Crippen LogP contribution in [0, 0.1) is 0 Å². The number of hydrogen-bond donors (Lipinski definition) is 4. The van der Waals surface area contributed by atoms with Crippen molar-refractivity contribution in [2.75, 3.05) is 18.4 Å². The highest BCUT2D eigenvalue weighted by atomic mass is 16.5. The zero-order chi connectivity index (χ0) is 39.4. The first-order valence-corrected chi connectivity index (χ1v) is 19.1. The molecule has 0 radical (unpaired) electrons. The number of benzene rings is 5. The van der Waals surface area contributed by atoms with Crippen LogP contribution in [-0.2, 0) is 20.9 Å². The van der Waals surface area contributed by atoms with Crippen LogP contribution >= 0.6 is 0 Å². The van der Waals surface area contributed by atoms with E-state index in [-0.39, 0.29) is 43.3 Å².